The Hall–Kier alpha value is -3.16. The number of hydrogen-bond donors (Lipinski definition) is 2. The molecule has 2 atom stereocenters. The summed E-state index contributed by atoms with van der Waals surface area (Å²) in [4.78, 5) is 38.2. The number of ketones is 1. The molecule has 0 aromatic heterocycles. The van der Waals surface area contributed by atoms with Crippen LogP contribution in [-0.2, 0) is 20.8 Å². The molecule has 2 aromatic carbocycles. The van der Waals surface area contributed by atoms with Gasteiger partial charge in [0.15, 0.2) is 23.3 Å². The zero-order valence-corrected chi connectivity index (χ0v) is 18.2. The summed E-state index contributed by atoms with van der Waals surface area (Å²) in [6.07, 6.45) is 5.29. The summed E-state index contributed by atoms with van der Waals surface area (Å²) in [5.41, 5.74) is -0.782. The summed E-state index contributed by atoms with van der Waals surface area (Å²) in [5.74, 6) is -7.43. The zero-order chi connectivity index (χ0) is 23.8. The molecule has 5 nitrogen and oxygen atoms in total. The van der Waals surface area contributed by atoms with Crippen molar-refractivity contribution < 1.29 is 27.6 Å². The van der Waals surface area contributed by atoms with Crippen molar-refractivity contribution in [3.05, 3.63) is 65.0 Å². The number of carbonyl (C=O) groups excluding carboxylic acids is 3. The number of halogens is 3. The maximum Gasteiger partial charge on any atom is 0.244 e. The van der Waals surface area contributed by atoms with E-state index in [1.54, 1.807) is 12.1 Å². The second-order valence-corrected chi connectivity index (χ2v) is 9.06. The van der Waals surface area contributed by atoms with Crippen LogP contribution < -0.4 is 10.6 Å². The molecule has 2 fully saturated rings. The highest BCUT2D eigenvalue weighted by Crippen LogP contribution is 2.33. The van der Waals surface area contributed by atoms with Gasteiger partial charge in [-0.1, -0.05) is 31.4 Å². The van der Waals surface area contributed by atoms with Crippen LogP contribution in [0.1, 0.15) is 56.1 Å². The van der Waals surface area contributed by atoms with Gasteiger partial charge >= 0.3 is 0 Å². The largest absolute Gasteiger partial charge is 0.342 e. The maximum absolute atomic E-state index is 14.1. The van der Waals surface area contributed by atoms with Gasteiger partial charge in [0.05, 0.1) is 0 Å². The number of benzene rings is 2. The summed E-state index contributed by atoms with van der Waals surface area (Å²) in [7, 11) is 0. The van der Waals surface area contributed by atoms with Crippen LogP contribution >= 0.6 is 0 Å². The van der Waals surface area contributed by atoms with Gasteiger partial charge in [-0.05, 0) is 55.5 Å². The molecule has 0 spiro atoms. The van der Waals surface area contributed by atoms with Crippen molar-refractivity contribution in [1.82, 2.24) is 5.32 Å². The van der Waals surface area contributed by atoms with Crippen molar-refractivity contribution in [2.75, 3.05) is 5.32 Å². The first-order valence-corrected chi connectivity index (χ1v) is 11.1. The average Bonchev–Trinajstić information content (AvgIpc) is 3.03. The molecular formula is C25H25F3N2O3. The Morgan fingerprint density at radius 1 is 1.00 bits per heavy atom. The minimum atomic E-state index is -1.75. The first-order chi connectivity index (χ1) is 15.7. The second-order valence-electron chi connectivity index (χ2n) is 9.06. The van der Waals surface area contributed by atoms with E-state index in [9.17, 15) is 27.6 Å². The summed E-state index contributed by atoms with van der Waals surface area (Å²) in [5, 5.41) is 4.95. The highest BCUT2D eigenvalue weighted by Gasteiger charge is 2.53. The van der Waals surface area contributed by atoms with Crippen LogP contribution in [0.15, 0.2) is 36.4 Å². The van der Waals surface area contributed by atoms with Crippen LogP contribution in [0.4, 0.5) is 18.9 Å². The summed E-state index contributed by atoms with van der Waals surface area (Å²) in [6, 6.07) is 8.72. The summed E-state index contributed by atoms with van der Waals surface area (Å²) < 4.78 is 41.7. The van der Waals surface area contributed by atoms with Gasteiger partial charge in [-0.2, -0.15) is 0 Å². The van der Waals surface area contributed by atoms with Crippen molar-refractivity contribution in [1.29, 1.82) is 0 Å². The summed E-state index contributed by atoms with van der Waals surface area (Å²) >= 11 is 0. The van der Waals surface area contributed by atoms with Gasteiger partial charge in [0.1, 0.15) is 11.4 Å². The van der Waals surface area contributed by atoms with Crippen LogP contribution in [0.2, 0.25) is 0 Å². The molecule has 2 amide bonds. The quantitative estimate of drug-likeness (QED) is 0.515. The number of nitrogens with one attached hydrogen (secondary N) is 2. The Morgan fingerprint density at radius 3 is 2.30 bits per heavy atom. The number of amides is 2. The molecule has 1 heterocycles. The van der Waals surface area contributed by atoms with Crippen molar-refractivity contribution in [2.45, 2.75) is 56.9 Å². The van der Waals surface area contributed by atoms with Crippen molar-refractivity contribution in [3.63, 3.8) is 0 Å². The molecule has 4 rings (SSSR count). The van der Waals surface area contributed by atoms with Crippen LogP contribution in [-0.4, -0.2) is 23.1 Å². The minimum Gasteiger partial charge on any atom is -0.342 e. The summed E-state index contributed by atoms with van der Waals surface area (Å²) in [6.45, 7) is 1.27. The number of rotatable bonds is 5. The molecule has 2 N–H and O–H groups in total. The molecule has 2 aromatic rings. The van der Waals surface area contributed by atoms with Crippen molar-refractivity contribution >= 4 is 23.3 Å². The normalized spacial score (nSPS) is 23.5. The van der Waals surface area contributed by atoms with Crippen LogP contribution in [0.25, 0.3) is 0 Å². The Bertz CT molecular complexity index is 1100. The zero-order valence-electron chi connectivity index (χ0n) is 18.2. The number of hydrogen-bond acceptors (Lipinski definition) is 3. The highest BCUT2D eigenvalue weighted by atomic mass is 19.2. The van der Waals surface area contributed by atoms with Gasteiger partial charge in [-0.25, -0.2) is 13.2 Å². The molecule has 2 unspecified atom stereocenters. The molecule has 174 valence electrons. The van der Waals surface area contributed by atoms with Gasteiger partial charge < -0.3 is 10.6 Å². The third kappa shape index (κ3) is 4.51. The molecule has 1 aliphatic heterocycles. The molecule has 8 heteroatoms. The third-order valence-corrected chi connectivity index (χ3v) is 6.65. The molecule has 0 radical (unpaired) electrons. The van der Waals surface area contributed by atoms with E-state index in [1.807, 2.05) is 12.1 Å². The van der Waals surface area contributed by atoms with Crippen LogP contribution in [0.5, 0.6) is 0 Å². The van der Waals surface area contributed by atoms with Crippen molar-refractivity contribution in [2.24, 2.45) is 5.92 Å². The number of anilines is 1. The third-order valence-electron chi connectivity index (χ3n) is 6.65. The highest BCUT2D eigenvalue weighted by molar-refractivity contribution is 6.27. The molecule has 0 bridgehead atoms. The first kappa shape index (κ1) is 23.0. The predicted octanol–water partition coefficient (Wildman–Crippen LogP) is 4.41. The van der Waals surface area contributed by atoms with E-state index < -0.39 is 58.5 Å². The minimum absolute atomic E-state index is 0.441. The van der Waals surface area contributed by atoms with Gasteiger partial charge in [0, 0.05) is 17.7 Å². The Balaban J connectivity index is 1.47. The Kier molecular flexibility index (Phi) is 6.28. The fraction of sp³-hybridized carbons (Fsp3) is 0.400. The lowest BCUT2D eigenvalue weighted by Gasteiger charge is -2.23. The SMILES string of the molecule is CC1(Cc2c(F)ccc(F)c2F)NC(=O)C(C(=O)Nc2ccc(C3CCCCC3)cc2)C1=O. The lowest BCUT2D eigenvalue weighted by molar-refractivity contribution is -0.135. The standard InChI is InChI=1S/C25H25F3N2O3/c1-25(13-17-18(26)11-12-19(27)21(17)28)22(31)20(24(33)30-25)23(32)29-16-9-7-15(8-10-16)14-5-3-2-4-6-14/h7-12,14,20H,2-6,13H2,1H3,(H,29,32)(H,30,33). The van der Waals surface area contributed by atoms with E-state index in [0.717, 1.165) is 18.9 Å². The first-order valence-electron chi connectivity index (χ1n) is 11.1. The van der Waals surface area contributed by atoms with Crippen molar-refractivity contribution in [3.8, 4) is 0 Å². The lowest BCUT2D eigenvalue weighted by Crippen LogP contribution is -2.46. The van der Waals surface area contributed by atoms with E-state index in [-0.39, 0.29) is 0 Å². The average molecular weight is 458 g/mol. The van der Waals surface area contributed by atoms with Crippen LogP contribution in [0.3, 0.4) is 0 Å². The molecule has 33 heavy (non-hydrogen) atoms. The van der Waals surface area contributed by atoms with Gasteiger partial charge in [-0.3, -0.25) is 14.4 Å². The van der Waals surface area contributed by atoms with Crippen LogP contribution in [0, 0.1) is 23.4 Å². The van der Waals surface area contributed by atoms with E-state index in [1.165, 1.54) is 31.7 Å². The van der Waals surface area contributed by atoms with E-state index >= 15 is 0 Å². The van der Waals surface area contributed by atoms with Gasteiger partial charge in [0.25, 0.3) is 0 Å². The predicted molar refractivity (Wildman–Crippen MR) is 116 cm³/mol. The smallest absolute Gasteiger partial charge is 0.244 e. The number of carbonyl (C=O) groups is 3. The number of Topliss-reactive ketones (excluding diaryl/α,β-unsaturated/α-hetero) is 1. The van der Waals surface area contributed by atoms with Gasteiger partial charge in [0.2, 0.25) is 11.8 Å². The monoisotopic (exact) mass is 458 g/mol. The Labute approximate surface area is 189 Å². The fourth-order valence-corrected chi connectivity index (χ4v) is 4.79. The van der Waals surface area contributed by atoms with E-state index in [2.05, 4.69) is 10.6 Å². The fourth-order valence-electron chi connectivity index (χ4n) is 4.79. The lowest BCUT2D eigenvalue weighted by atomic mass is 9.84. The molecule has 1 aliphatic carbocycles. The maximum atomic E-state index is 14.1. The van der Waals surface area contributed by atoms with Gasteiger partial charge in [-0.15, -0.1) is 0 Å². The Morgan fingerprint density at radius 2 is 1.64 bits per heavy atom. The topological polar surface area (TPSA) is 75.3 Å². The molecule has 1 saturated heterocycles. The van der Waals surface area contributed by atoms with E-state index in [4.69, 9.17) is 0 Å². The molecule has 2 aliphatic rings. The van der Waals surface area contributed by atoms with E-state index in [0.29, 0.717) is 17.7 Å². The molecular weight excluding hydrogens is 433 g/mol. The molecule has 1 saturated carbocycles. The second kappa shape index (κ2) is 9.00.